The summed E-state index contributed by atoms with van der Waals surface area (Å²) in [4.78, 5) is 0. The van der Waals surface area contributed by atoms with Crippen LogP contribution in [0, 0.1) is 29.6 Å². The third-order valence-electron chi connectivity index (χ3n) is 3.13. The van der Waals surface area contributed by atoms with Crippen LogP contribution in [0.2, 0.25) is 0 Å². The van der Waals surface area contributed by atoms with Crippen LogP contribution >= 0.6 is 0 Å². The minimum absolute atomic E-state index is 0.331. The smallest absolute Gasteiger partial charge is 0.0245 e. The van der Waals surface area contributed by atoms with E-state index in [1.165, 1.54) is 0 Å². The fourth-order valence-electron chi connectivity index (χ4n) is 1.88. The Hall–Kier alpha value is -2.48. The van der Waals surface area contributed by atoms with Crippen molar-refractivity contribution in [2.45, 2.75) is 12.8 Å². The van der Waals surface area contributed by atoms with E-state index >= 15 is 0 Å². The van der Waals surface area contributed by atoms with Gasteiger partial charge in [-0.25, -0.2) is 0 Å². The van der Waals surface area contributed by atoms with Crippen LogP contribution in [-0.2, 0) is 0 Å². The maximum atomic E-state index is 5.80. The average molecular weight is 273 g/mol. The molecule has 0 aliphatic carbocycles. The van der Waals surface area contributed by atoms with E-state index in [0.29, 0.717) is 12.5 Å². The Morgan fingerprint density at radius 2 is 1.14 bits per heavy atom. The average Bonchev–Trinajstić information content (AvgIpc) is 2.55. The molecule has 0 bridgehead atoms. The molecule has 0 saturated heterocycles. The molecule has 2 aromatic carbocycles. The van der Waals surface area contributed by atoms with Crippen LogP contribution in [0.5, 0.6) is 0 Å². The zero-order valence-corrected chi connectivity index (χ0v) is 12.0. The fourth-order valence-corrected chi connectivity index (χ4v) is 1.88. The van der Waals surface area contributed by atoms with E-state index in [0.717, 1.165) is 24.0 Å². The molecule has 2 aromatic rings. The third kappa shape index (κ3) is 5.57. The van der Waals surface area contributed by atoms with Gasteiger partial charge in [0.15, 0.2) is 0 Å². The Labute approximate surface area is 127 Å². The first-order valence-corrected chi connectivity index (χ1v) is 7.16. The number of hydrogen-bond donors (Lipinski definition) is 1. The van der Waals surface area contributed by atoms with Gasteiger partial charge in [0.1, 0.15) is 0 Å². The monoisotopic (exact) mass is 273 g/mol. The van der Waals surface area contributed by atoms with Crippen molar-refractivity contribution in [3.05, 3.63) is 71.8 Å². The van der Waals surface area contributed by atoms with Gasteiger partial charge in [-0.1, -0.05) is 60.1 Å². The highest BCUT2D eigenvalue weighted by atomic mass is 14.5. The molecule has 2 rings (SSSR count). The second-order valence-corrected chi connectivity index (χ2v) is 4.85. The van der Waals surface area contributed by atoms with E-state index < -0.39 is 0 Å². The molecule has 0 atom stereocenters. The van der Waals surface area contributed by atoms with Gasteiger partial charge in [-0.15, -0.1) is 0 Å². The minimum atomic E-state index is 0.331. The van der Waals surface area contributed by atoms with Gasteiger partial charge in [0.2, 0.25) is 0 Å². The maximum Gasteiger partial charge on any atom is 0.0245 e. The third-order valence-corrected chi connectivity index (χ3v) is 3.13. The zero-order chi connectivity index (χ0) is 14.8. The van der Waals surface area contributed by atoms with Gasteiger partial charge in [-0.2, -0.15) is 0 Å². The van der Waals surface area contributed by atoms with Crippen molar-refractivity contribution in [1.82, 2.24) is 0 Å². The number of nitrogens with two attached hydrogens (primary N) is 1. The molecular formula is C20H19N. The lowest BCUT2D eigenvalue weighted by Gasteiger charge is -2.05. The summed E-state index contributed by atoms with van der Waals surface area (Å²) in [6, 6.07) is 20.0. The van der Waals surface area contributed by atoms with Crippen LogP contribution in [0.3, 0.4) is 0 Å². The van der Waals surface area contributed by atoms with Crippen LogP contribution in [0.4, 0.5) is 0 Å². The van der Waals surface area contributed by atoms with Crippen molar-refractivity contribution < 1.29 is 0 Å². The summed E-state index contributed by atoms with van der Waals surface area (Å²) >= 11 is 0. The summed E-state index contributed by atoms with van der Waals surface area (Å²) in [6.45, 7) is 0.618. The molecule has 1 heteroatoms. The van der Waals surface area contributed by atoms with Gasteiger partial charge in [-0.05, 0) is 36.7 Å². The molecule has 104 valence electrons. The number of benzene rings is 2. The highest BCUT2D eigenvalue weighted by Crippen LogP contribution is 2.06. The Morgan fingerprint density at radius 1 is 0.714 bits per heavy atom. The normalized spacial score (nSPS) is 9.43. The van der Waals surface area contributed by atoms with E-state index in [2.05, 4.69) is 23.7 Å². The first-order valence-electron chi connectivity index (χ1n) is 7.16. The standard InChI is InChI=1S/C20H19N/c21-17-20(15-7-13-18-9-3-1-4-10-18)16-8-14-19-11-5-2-6-12-19/h1-6,9-12,20H,15-17,21H2. The number of rotatable bonds is 3. The molecule has 0 aliphatic heterocycles. The van der Waals surface area contributed by atoms with Gasteiger partial charge < -0.3 is 5.73 Å². The zero-order valence-electron chi connectivity index (χ0n) is 12.0. The maximum absolute atomic E-state index is 5.80. The van der Waals surface area contributed by atoms with E-state index in [-0.39, 0.29) is 0 Å². The Kier molecular flexibility index (Phi) is 6.14. The van der Waals surface area contributed by atoms with Crippen LogP contribution in [-0.4, -0.2) is 6.54 Å². The van der Waals surface area contributed by atoms with Gasteiger partial charge in [0.05, 0.1) is 0 Å². The first-order chi connectivity index (χ1) is 10.4. The second kappa shape index (κ2) is 8.64. The van der Waals surface area contributed by atoms with Crippen molar-refractivity contribution in [2.24, 2.45) is 11.7 Å². The molecule has 0 radical (unpaired) electrons. The van der Waals surface area contributed by atoms with E-state index in [9.17, 15) is 0 Å². The predicted octanol–water partition coefficient (Wildman–Crippen LogP) is 3.44. The molecule has 0 heterocycles. The van der Waals surface area contributed by atoms with Gasteiger partial charge in [0.25, 0.3) is 0 Å². The summed E-state index contributed by atoms with van der Waals surface area (Å²) in [7, 11) is 0. The van der Waals surface area contributed by atoms with Crippen molar-refractivity contribution in [1.29, 1.82) is 0 Å². The van der Waals surface area contributed by atoms with Crippen molar-refractivity contribution in [3.8, 4) is 23.7 Å². The summed E-state index contributed by atoms with van der Waals surface area (Å²) in [5.74, 6) is 13.1. The van der Waals surface area contributed by atoms with E-state index in [4.69, 9.17) is 5.73 Å². The molecule has 0 unspecified atom stereocenters. The van der Waals surface area contributed by atoms with Crippen LogP contribution in [0.15, 0.2) is 60.7 Å². The topological polar surface area (TPSA) is 26.0 Å². The minimum Gasteiger partial charge on any atom is -0.330 e. The molecule has 1 nitrogen and oxygen atoms in total. The molecule has 0 spiro atoms. The molecule has 21 heavy (non-hydrogen) atoms. The highest BCUT2D eigenvalue weighted by molar-refractivity contribution is 5.34. The quantitative estimate of drug-likeness (QED) is 0.852. The highest BCUT2D eigenvalue weighted by Gasteiger charge is 2.01. The van der Waals surface area contributed by atoms with Gasteiger partial charge >= 0.3 is 0 Å². The first kappa shape index (κ1) is 14.9. The number of hydrogen-bond acceptors (Lipinski definition) is 1. The Bertz CT molecular complexity index is 591. The molecule has 0 fully saturated rings. The summed E-state index contributed by atoms with van der Waals surface area (Å²) in [6.07, 6.45) is 1.57. The fraction of sp³-hybridized carbons (Fsp3) is 0.200. The molecule has 0 aromatic heterocycles. The van der Waals surface area contributed by atoms with Crippen LogP contribution in [0.1, 0.15) is 24.0 Å². The lowest BCUT2D eigenvalue weighted by atomic mass is 10.0. The molecule has 0 saturated carbocycles. The second-order valence-electron chi connectivity index (χ2n) is 4.85. The summed E-state index contributed by atoms with van der Waals surface area (Å²) < 4.78 is 0. The predicted molar refractivity (Wildman–Crippen MR) is 88.4 cm³/mol. The molecule has 2 N–H and O–H groups in total. The molecule has 0 amide bonds. The van der Waals surface area contributed by atoms with E-state index in [1.807, 2.05) is 60.7 Å². The summed E-state index contributed by atoms with van der Waals surface area (Å²) in [5.41, 5.74) is 7.89. The van der Waals surface area contributed by atoms with Gasteiger partial charge in [0, 0.05) is 24.0 Å². The van der Waals surface area contributed by atoms with Crippen LogP contribution < -0.4 is 5.73 Å². The Morgan fingerprint density at radius 3 is 1.52 bits per heavy atom. The lowest BCUT2D eigenvalue weighted by molar-refractivity contribution is 0.571. The van der Waals surface area contributed by atoms with Crippen molar-refractivity contribution >= 4 is 0 Å². The molecular weight excluding hydrogens is 254 g/mol. The van der Waals surface area contributed by atoms with Crippen molar-refractivity contribution in [3.63, 3.8) is 0 Å². The lowest BCUT2D eigenvalue weighted by Crippen LogP contribution is -2.13. The van der Waals surface area contributed by atoms with Crippen LogP contribution in [0.25, 0.3) is 0 Å². The van der Waals surface area contributed by atoms with E-state index in [1.54, 1.807) is 0 Å². The van der Waals surface area contributed by atoms with Gasteiger partial charge in [-0.3, -0.25) is 0 Å². The SMILES string of the molecule is NCC(CC#Cc1ccccc1)CC#Cc1ccccc1. The molecule has 0 aliphatic rings. The summed E-state index contributed by atoms with van der Waals surface area (Å²) in [5, 5.41) is 0. The van der Waals surface area contributed by atoms with Crippen molar-refractivity contribution in [2.75, 3.05) is 6.54 Å². The largest absolute Gasteiger partial charge is 0.330 e. The Balaban J connectivity index is 1.87.